The Morgan fingerprint density at radius 1 is 1.37 bits per heavy atom. The number of nitrogens with two attached hydrogens (primary N) is 2. The van der Waals surface area contributed by atoms with E-state index in [1.807, 2.05) is 6.07 Å². The average Bonchev–Trinajstić information content (AvgIpc) is 2.34. The second-order valence-corrected chi connectivity index (χ2v) is 4.20. The molecular formula is C13H19N3O3. The number of methoxy groups -OCH3 is 1. The quantitative estimate of drug-likeness (QED) is 0.684. The number of nitrogen functional groups attached to an aromatic ring is 1. The van der Waals surface area contributed by atoms with Crippen LogP contribution in [-0.2, 0) is 20.9 Å². The predicted molar refractivity (Wildman–Crippen MR) is 72.0 cm³/mol. The first kappa shape index (κ1) is 15.0. The van der Waals surface area contributed by atoms with Crippen LogP contribution in [0.4, 0.5) is 5.69 Å². The molecule has 104 valence electrons. The SMILES string of the molecule is COCCC(=O)N(CC(N)=O)Cc1cccc(N)c1. The number of anilines is 1. The lowest BCUT2D eigenvalue weighted by Crippen LogP contribution is -2.38. The van der Waals surface area contributed by atoms with Crippen molar-refractivity contribution in [3.63, 3.8) is 0 Å². The van der Waals surface area contributed by atoms with Crippen molar-refractivity contribution < 1.29 is 14.3 Å². The van der Waals surface area contributed by atoms with Gasteiger partial charge in [0.1, 0.15) is 0 Å². The van der Waals surface area contributed by atoms with Crippen molar-refractivity contribution >= 4 is 17.5 Å². The van der Waals surface area contributed by atoms with E-state index < -0.39 is 5.91 Å². The molecule has 4 N–H and O–H groups in total. The van der Waals surface area contributed by atoms with E-state index in [4.69, 9.17) is 16.2 Å². The topological polar surface area (TPSA) is 98.6 Å². The van der Waals surface area contributed by atoms with E-state index in [1.165, 1.54) is 12.0 Å². The second-order valence-electron chi connectivity index (χ2n) is 4.20. The molecule has 6 heteroatoms. The summed E-state index contributed by atoms with van der Waals surface area (Å²) in [7, 11) is 1.52. The van der Waals surface area contributed by atoms with E-state index in [0.717, 1.165) is 5.56 Å². The zero-order valence-corrected chi connectivity index (χ0v) is 11.0. The molecule has 1 aromatic carbocycles. The van der Waals surface area contributed by atoms with Crippen LogP contribution in [0.2, 0.25) is 0 Å². The third kappa shape index (κ3) is 5.39. The van der Waals surface area contributed by atoms with Crippen molar-refractivity contribution in [2.75, 3.05) is 26.0 Å². The molecule has 0 saturated heterocycles. The highest BCUT2D eigenvalue weighted by atomic mass is 16.5. The lowest BCUT2D eigenvalue weighted by Gasteiger charge is -2.21. The molecule has 0 bridgehead atoms. The zero-order valence-electron chi connectivity index (χ0n) is 11.0. The highest BCUT2D eigenvalue weighted by molar-refractivity contribution is 5.83. The van der Waals surface area contributed by atoms with Crippen LogP contribution >= 0.6 is 0 Å². The van der Waals surface area contributed by atoms with Gasteiger partial charge in [-0.05, 0) is 17.7 Å². The van der Waals surface area contributed by atoms with Gasteiger partial charge in [0, 0.05) is 19.3 Å². The minimum Gasteiger partial charge on any atom is -0.399 e. The van der Waals surface area contributed by atoms with Crippen molar-refractivity contribution in [2.45, 2.75) is 13.0 Å². The maximum absolute atomic E-state index is 11.9. The van der Waals surface area contributed by atoms with Crippen LogP contribution in [0, 0.1) is 0 Å². The minimum atomic E-state index is -0.547. The van der Waals surface area contributed by atoms with Crippen LogP contribution < -0.4 is 11.5 Å². The van der Waals surface area contributed by atoms with E-state index in [2.05, 4.69) is 0 Å². The smallest absolute Gasteiger partial charge is 0.237 e. The summed E-state index contributed by atoms with van der Waals surface area (Å²) in [6, 6.07) is 7.16. The molecule has 0 aliphatic carbocycles. The van der Waals surface area contributed by atoms with Gasteiger partial charge in [-0.25, -0.2) is 0 Å². The van der Waals surface area contributed by atoms with Crippen molar-refractivity contribution in [3.8, 4) is 0 Å². The van der Waals surface area contributed by atoms with Gasteiger partial charge in [0.25, 0.3) is 0 Å². The van der Waals surface area contributed by atoms with E-state index in [9.17, 15) is 9.59 Å². The van der Waals surface area contributed by atoms with Crippen molar-refractivity contribution in [1.82, 2.24) is 4.90 Å². The molecule has 0 spiro atoms. The fourth-order valence-electron chi connectivity index (χ4n) is 1.68. The molecular weight excluding hydrogens is 246 g/mol. The van der Waals surface area contributed by atoms with Gasteiger partial charge in [-0.15, -0.1) is 0 Å². The number of carbonyl (C=O) groups excluding carboxylic acids is 2. The molecule has 0 fully saturated rings. The molecule has 1 rings (SSSR count). The van der Waals surface area contributed by atoms with Gasteiger partial charge < -0.3 is 21.1 Å². The normalized spacial score (nSPS) is 10.2. The maximum Gasteiger partial charge on any atom is 0.237 e. The van der Waals surface area contributed by atoms with Gasteiger partial charge in [0.2, 0.25) is 11.8 Å². The molecule has 1 aromatic rings. The summed E-state index contributed by atoms with van der Waals surface area (Å²) in [6.45, 7) is 0.499. The lowest BCUT2D eigenvalue weighted by atomic mass is 10.2. The number of ether oxygens (including phenoxy) is 1. The number of nitrogens with zero attached hydrogens (tertiary/aromatic N) is 1. The van der Waals surface area contributed by atoms with Gasteiger partial charge in [-0.3, -0.25) is 9.59 Å². The maximum atomic E-state index is 11.9. The Morgan fingerprint density at radius 3 is 2.68 bits per heavy atom. The molecule has 2 amide bonds. The molecule has 0 aliphatic heterocycles. The van der Waals surface area contributed by atoms with Crippen molar-refractivity contribution in [3.05, 3.63) is 29.8 Å². The Labute approximate surface area is 112 Å². The summed E-state index contributed by atoms with van der Waals surface area (Å²) < 4.78 is 4.85. The van der Waals surface area contributed by atoms with Crippen LogP contribution in [-0.4, -0.2) is 37.0 Å². The van der Waals surface area contributed by atoms with Crippen LogP contribution in [0.25, 0.3) is 0 Å². The molecule has 0 unspecified atom stereocenters. The van der Waals surface area contributed by atoms with Crippen LogP contribution in [0.5, 0.6) is 0 Å². The van der Waals surface area contributed by atoms with Crippen molar-refractivity contribution in [1.29, 1.82) is 0 Å². The monoisotopic (exact) mass is 265 g/mol. The van der Waals surface area contributed by atoms with Crippen LogP contribution in [0.1, 0.15) is 12.0 Å². The Bertz CT molecular complexity index is 449. The first-order valence-corrected chi connectivity index (χ1v) is 5.92. The number of hydrogen-bond acceptors (Lipinski definition) is 4. The molecule has 0 radical (unpaired) electrons. The van der Waals surface area contributed by atoms with Gasteiger partial charge in [0.05, 0.1) is 19.6 Å². The Morgan fingerprint density at radius 2 is 2.11 bits per heavy atom. The zero-order chi connectivity index (χ0) is 14.3. The average molecular weight is 265 g/mol. The molecule has 19 heavy (non-hydrogen) atoms. The number of amides is 2. The Balaban J connectivity index is 2.73. The highest BCUT2D eigenvalue weighted by Gasteiger charge is 2.16. The third-order valence-electron chi connectivity index (χ3n) is 2.54. The lowest BCUT2D eigenvalue weighted by molar-refractivity contribution is -0.136. The first-order valence-electron chi connectivity index (χ1n) is 5.92. The van der Waals surface area contributed by atoms with E-state index >= 15 is 0 Å². The summed E-state index contributed by atoms with van der Waals surface area (Å²) >= 11 is 0. The molecule has 6 nitrogen and oxygen atoms in total. The summed E-state index contributed by atoms with van der Waals surface area (Å²) in [5, 5.41) is 0. The largest absolute Gasteiger partial charge is 0.399 e. The van der Waals surface area contributed by atoms with Crippen LogP contribution in [0.3, 0.4) is 0 Å². The number of benzene rings is 1. The molecule has 0 aromatic heterocycles. The fraction of sp³-hybridized carbons (Fsp3) is 0.385. The van der Waals surface area contributed by atoms with E-state index in [0.29, 0.717) is 18.8 Å². The number of rotatable bonds is 7. The Hall–Kier alpha value is -2.08. The summed E-state index contributed by atoms with van der Waals surface area (Å²) in [5.74, 6) is -0.724. The van der Waals surface area contributed by atoms with Gasteiger partial charge in [-0.2, -0.15) is 0 Å². The summed E-state index contributed by atoms with van der Waals surface area (Å²) in [5.41, 5.74) is 12.3. The number of primary amides is 1. The standard InChI is InChI=1S/C13H19N3O3/c1-19-6-5-13(18)16(9-12(15)17)8-10-3-2-4-11(14)7-10/h2-4,7H,5-6,8-9,14H2,1H3,(H2,15,17). The number of carbonyl (C=O) groups is 2. The van der Waals surface area contributed by atoms with Gasteiger partial charge >= 0.3 is 0 Å². The van der Waals surface area contributed by atoms with E-state index in [-0.39, 0.29) is 18.9 Å². The molecule has 0 heterocycles. The minimum absolute atomic E-state index is 0.114. The van der Waals surface area contributed by atoms with Gasteiger partial charge in [-0.1, -0.05) is 12.1 Å². The molecule has 0 atom stereocenters. The number of hydrogen-bond donors (Lipinski definition) is 2. The summed E-state index contributed by atoms with van der Waals surface area (Å²) in [6.07, 6.45) is 0.214. The predicted octanol–water partition coefficient (Wildman–Crippen LogP) is 0.119. The summed E-state index contributed by atoms with van der Waals surface area (Å²) in [4.78, 5) is 24.4. The van der Waals surface area contributed by atoms with Gasteiger partial charge in [0.15, 0.2) is 0 Å². The van der Waals surface area contributed by atoms with Crippen LogP contribution in [0.15, 0.2) is 24.3 Å². The highest BCUT2D eigenvalue weighted by Crippen LogP contribution is 2.10. The van der Waals surface area contributed by atoms with E-state index in [1.54, 1.807) is 18.2 Å². The third-order valence-corrected chi connectivity index (χ3v) is 2.54. The Kier molecular flexibility index (Phi) is 5.81. The molecule has 0 saturated carbocycles. The molecule has 0 aliphatic rings. The first-order chi connectivity index (χ1) is 9.02. The fourth-order valence-corrected chi connectivity index (χ4v) is 1.68. The second kappa shape index (κ2) is 7.38. The van der Waals surface area contributed by atoms with Crippen molar-refractivity contribution in [2.24, 2.45) is 5.73 Å².